The maximum Gasteiger partial charge on any atom is 0.279 e. The van der Waals surface area contributed by atoms with Crippen LogP contribution in [-0.4, -0.2) is 37.0 Å². The van der Waals surface area contributed by atoms with E-state index in [4.69, 9.17) is 0 Å². The molecule has 124 valence electrons. The predicted octanol–water partition coefficient (Wildman–Crippen LogP) is 2.06. The molecule has 3 unspecified atom stereocenters. The fourth-order valence-electron chi connectivity index (χ4n) is 2.89. The fourth-order valence-corrected chi connectivity index (χ4v) is 4.46. The van der Waals surface area contributed by atoms with Crippen LogP contribution in [0.5, 0.6) is 0 Å². The Balaban J connectivity index is 1.91. The third-order valence-corrected chi connectivity index (χ3v) is 5.78. The van der Waals surface area contributed by atoms with Crippen molar-refractivity contribution in [3.63, 3.8) is 0 Å². The molecular formula is C16H26N2O3S. The number of aliphatic hydroxyl groups excluding tert-OH is 1. The maximum atomic E-state index is 12.4. The molecule has 3 atom stereocenters. The highest BCUT2D eigenvalue weighted by molar-refractivity contribution is 7.87. The number of aliphatic hydroxyl groups is 1. The Bertz CT molecular complexity index is 562. The van der Waals surface area contributed by atoms with E-state index >= 15 is 0 Å². The summed E-state index contributed by atoms with van der Waals surface area (Å²) in [7, 11) is -3.47. The number of rotatable bonds is 6. The van der Waals surface area contributed by atoms with Crippen LogP contribution < -0.4 is 4.72 Å². The van der Waals surface area contributed by atoms with Gasteiger partial charge in [-0.15, -0.1) is 0 Å². The van der Waals surface area contributed by atoms with Crippen LogP contribution in [0.1, 0.15) is 44.8 Å². The second-order valence-electron chi connectivity index (χ2n) is 6.29. The summed E-state index contributed by atoms with van der Waals surface area (Å²) >= 11 is 0. The number of nitrogens with one attached hydrogen (secondary N) is 1. The largest absolute Gasteiger partial charge is 0.388 e. The smallest absolute Gasteiger partial charge is 0.279 e. The Kier molecular flexibility index (Phi) is 5.97. The minimum Gasteiger partial charge on any atom is -0.388 e. The first kappa shape index (κ1) is 17.4. The van der Waals surface area contributed by atoms with Gasteiger partial charge in [-0.25, -0.2) is 0 Å². The molecule has 1 saturated heterocycles. The van der Waals surface area contributed by atoms with Crippen LogP contribution in [0.4, 0.5) is 0 Å². The first-order valence-electron chi connectivity index (χ1n) is 7.89. The second kappa shape index (κ2) is 7.55. The number of piperidine rings is 1. The van der Waals surface area contributed by atoms with E-state index in [9.17, 15) is 13.5 Å². The van der Waals surface area contributed by atoms with Gasteiger partial charge in [0.25, 0.3) is 10.2 Å². The van der Waals surface area contributed by atoms with E-state index in [0.717, 1.165) is 18.4 Å². The zero-order valence-corrected chi connectivity index (χ0v) is 14.1. The van der Waals surface area contributed by atoms with Gasteiger partial charge in [-0.3, -0.25) is 0 Å². The van der Waals surface area contributed by atoms with Gasteiger partial charge >= 0.3 is 0 Å². The highest BCUT2D eigenvalue weighted by Gasteiger charge is 2.28. The molecule has 0 aromatic heterocycles. The van der Waals surface area contributed by atoms with Crippen molar-refractivity contribution in [1.29, 1.82) is 0 Å². The molecule has 1 aliphatic heterocycles. The van der Waals surface area contributed by atoms with Crippen LogP contribution in [0, 0.1) is 5.92 Å². The van der Waals surface area contributed by atoms with Crippen molar-refractivity contribution in [2.45, 2.75) is 45.3 Å². The summed E-state index contributed by atoms with van der Waals surface area (Å²) in [5.74, 6) is 0.399. The van der Waals surface area contributed by atoms with Crippen molar-refractivity contribution in [1.82, 2.24) is 9.03 Å². The van der Waals surface area contributed by atoms with Gasteiger partial charge in [-0.05, 0) is 37.7 Å². The van der Waals surface area contributed by atoms with Gasteiger partial charge in [0, 0.05) is 19.1 Å². The minimum absolute atomic E-state index is 0.322. The summed E-state index contributed by atoms with van der Waals surface area (Å²) in [6.07, 6.45) is 1.67. The van der Waals surface area contributed by atoms with Crippen LogP contribution in [0.25, 0.3) is 0 Å². The van der Waals surface area contributed by atoms with Crippen LogP contribution in [0.2, 0.25) is 0 Å². The molecule has 2 rings (SSSR count). The van der Waals surface area contributed by atoms with Crippen molar-refractivity contribution >= 4 is 10.2 Å². The van der Waals surface area contributed by atoms with Crippen molar-refractivity contribution in [2.24, 2.45) is 5.92 Å². The topological polar surface area (TPSA) is 69.6 Å². The van der Waals surface area contributed by atoms with Gasteiger partial charge in [0.15, 0.2) is 0 Å². The lowest BCUT2D eigenvalue weighted by Gasteiger charge is -2.31. The Morgan fingerprint density at radius 2 is 2.05 bits per heavy atom. The van der Waals surface area contributed by atoms with E-state index in [1.165, 1.54) is 4.31 Å². The third-order valence-electron chi connectivity index (χ3n) is 4.07. The molecule has 1 fully saturated rings. The lowest BCUT2D eigenvalue weighted by atomic mass is 10.0. The Morgan fingerprint density at radius 3 is 2.68 bits per heavy atom. The van der Waals surface area contributed by atoms with E-state index in [0.29, 0.717) is 25.4 Å². The summed E-state index contributed by atoms with van der Waals surface area (Å²) in [6.45, 7) is 5.01. The van der Waals surface area contributed by atoms with Crippen LogP contribution in [-0.2, 0) is 10.2 Å². The average Bonchev–Trinajstić information content (AvgIpc) is 2.47. The van der Waals surface area contributed by atoms with Gasteiger partial charge in [-0.2, -0.15) is 17.4 Å². The zero-order valence-electron chi connectivity index (χ0n) is 13.3. The summed E-state index contributed by atoms with van der Waals surface area (Å²) in [5, 5.41) is 10.2. The Hall–Kier alpha value is -0.950. The number of nitrogens with zero attached hydrogens (tertiary/aromatic N) is 1. The van der Waals surface area contributed by atoms with Gasteiger partial charge in [-0.1, -0.05) is 37.3 Å². The molecule has 1 aromatic rings. The van der Waals surface area contributed by atoms with E-state index in [1.54, 1.807) is 6.92 Å². The Morgan fingerprint density at radius 1 is 1.36 bits per heavy atom. The normalized spacial score (nSPS) is 23.1. The van der Waals surface area contributed by atoms with Crippen molar-refractivity contribution in [3.8, 4) is 0 Å². The molecule has 0 aliphatic carbocycles. The molecule has 0 radical (unpaired) electrons. The summed E-state index contributed by atoms with van der Waals surface area (Å²) in [4.78, 5) is 0. The average molecular weight is 326 g/mol. The molecule has 22 heavy (non-hydrogen) atoms. The quantitative estimate of drug-likeness (QED) is 0.841. The van der Waals surface area contributed by atoms with Crippen LogP contribution >= 0.6 is 0 Å². The first-order chi connectivity index (χ1) is 10.4. The Labute approximate surface area is 133 Å². The molecule has 1 aliphatic rings. The van der Waals surface area contributed by atoms with Crippen molar-refractivity contribution < 1.29 is 13.5 Å². The minimum atomic E-state index is -3.47. The molecule has 0 amide bonds. The molecule has 5 nitrogen and oxygen atoms in total. The van der Waals surface area contributed by atoms with Gasteiger partial charge in [0.1, 0.15) is 0 Å². The van der Waals surface area contributed by atoms with Gasteiger partial charge < -0.3 is 5.11 Å². The van der Waals surface area contributed by atoms with E-state index in [2.05, 4.69) is 11.6 Å². The predicted molar refractivity (Wildman–Crippen MR) is 87.5 cm³/mol. The molecule has 0 spiro atoms. The highest BCUT2D eigenvalue weighted by Crippen LogP contribution is 2.20. The molecule has 2 N–H and O–H groups in total. The lowest BCUT2D eigenvalue weighted by Crippen LogP contribution is -2.48. The fraction of sp³-hybridized carbons (Fsp3) is 0.625. The maximum absolute atomic E-state index is 12.4. The van der Waals surface area contributed by atoms with Crippen molar-refractivity contribution in [3.05, 3.63) is 35.9 Å². The highest BCUT2D eigenvalue weighted by atomic mass is 32.2. The molecule has 0 saturated carbocycles. The van der Waals surface area contributed by atoms with Crippen LogP contribution in [0.15, 0.2) is 30.3 Å². The SMILES string of the molecule is CC1CCCN(S(=O)(=O)NC(C)CC(O)c2ccccc2)C1. The molecule has 6 heteroatoms. The van der Waals surface area contributed by atoms with Gasteiger partial charge in [0.2, 0.25) is 0 Å². The molecule has 1 aromatic carbocycles. The second-order valence-corrected chi connectivity index (χ2v) is 7.99. The monoisotopic (exact) mass is 326 g/mol. The van der Waals surface area contributed by atoms with E-state index in [1.807, 2.05) is 30.3 Å². The summed E-state index contributed by atoms with van der Waals surface area (Å²) < 4.78 is 29.0. The molecular weight excluding hydrogens is 300 g/mol. The van der Waals surface area contributed by atoms with E-state index < -0.39 is 16.3 Å². The lowest BCUT2D eigenvalue weighted by molar-refractivity contribution is 0.157. The molecule has 1 heterocycles. The summed E-state index contributed by atoms with van der Waals surface area (Å²) in [6, 6.07) is 8.99. The van der Waals surface area contributed by atoms with Gasteiger partial charge in [0.05, 0.1) is 6.10 Å². The van der Waals surface area contributed by atoms with Crippen LogP contribution in [0.3, 0.4) is 0 Å². The zero-order chi connectivity index (χ0) is 16.2. The number of hydrogen-bond acceptors (Lipinski definition) is 3. The summed E-state index contributed by atoms with van der Waals surface area (Å²) in [5.41, 5.74) is 0.806. The number of hydrogen-bond donors (Lipinski definition) is 2. The van der Waals surface area contributed by atoms with E-state index in [-0.39, 0.29) is 6.04 Å². The number of benzene rings is 1. The standard InChI is InChI=1S/C16H26N2O3S/c1-13-7-6-10-18(12-13)22(20,21)17-14(2)11-16(19)15-8-4-3-5-9-15/h3-5,8-9,13-14,16-17,19H,6-7,10-12H2,1-2H3. The third kappa shape index (κ3) is 4.78. The van der Waals surface area contributed by atoms with Crippen molar-refractivity contribution in [2.75, 3.05) is 13.1 Å². The first-order valence-corrected chi connectivity index (χ1v) is 9.33. The molecule has 0 bridgehead atoms.